The van der Waals surface area contributed by atoms with Gasteiger partial charge in [-0.05, 0) is 24.7 Å². The Morgan fingerprint density at radius 2 is 1.80 bits per heavy atom. The predicted molar refractivity (Wildman–Crippen MR) is 110 cm³/mol. The van der Waals surface area contributed by atoms with E-state index in [9.17, 15) is 14.4 Å². The second-order valence-corrected chi connectivity index (χ2v) is 7.61. The molecule has 0 aliphatic carbocycles. The molecule has 3 heterocycles. The fourth-order valence-corrected chi connectivity index (χ4v) is 3.59. The van der Waals surface area contributed by atoms with Crippen molar-refractivity contribution in [3.8, 4) is 0 Å². The van der Waals surface area contributed by atoms with Gasteiger partial charge in [0.15, 0.2) is 11.2 Å². The van der Waals surface area contributed by atoms with Crippen LogP contribution in [0.4, 0.5) is 0 Å². The number of likely N-dealkylation sites (N-methyl/N-ethyl adjacent to an activating group) is 1. The average Bonchev–Trinajstić information content (AvgIpc) is 3.16. The summed E-state index contributed by atoms with van der Waals surface area (Å²) in [5.41, 5.74) is 0.497. The van der Waals surface area contributed by atoms with Crippen molar-refractivity contribution in [2.75, 3.05) is 33.2 Å². The minimum Gasteiger partial charge on any atom is -0.329 e. The maximum absolute atomic E-state index is 12.7. The number of fused-ring (bicyclic) bond motifs is 1. The zero-order valence-electron chi connectivity index (χ0n) is 17.2. The standard InChI is InChI=1S/C20H24N6O4/c1-22-7-9-25(10-8-22)12-14-5-4-6-15(11-14)19(28)30-26-13-21-17-16(26)18(27)24(3)20(29)23(17)2/h4-6,11,13H,7-10,12H2,1-3H3. The van der Waals surface area contributed by atoms with Crippen LogP contribution in [0.25, 0.3) is 11.2 Å². The highest BCUT2D eigenvalue weighted by Gasteiger charge is 2.19. The first kappa shape index (κ1) is 20.0. The molecule has 3 aromatic rings. The quantitative estimate of drug-likeness (QED) is 0.568. The Balaban J connectivity index is 1.56. The molecule has 0 amide bonds. The van der Waals surface area contributed by atoms with E-state index in [1.54, 1.807) is 12.1 Å². The summed E-state index contributed by atoms with van der Waals surface area (Å²) in [6.45, 7) is 4.76. The van der Waals surface area contributed by atoms with Gasteiger partial charge in [0.2, 0.25) is 0 Å². The number of hydrogen-bond acceptors (Lipinski definition) is 7. The van der Waals surface area contributed by atoms with Crippen LogP contribution in [0.5, 0.6) is 0 Å². The molecule has 0 bridgehead atoms. The summed E-state index contributed by atoms with van der Waals surface area (Å²) < 4.78 is 3.20. The van der Waals surface area contributed by atoms with Crippen molar-refractivity contribution in [1.82, 2.24) is 28.6 Å². The predicted octanol–water partition coefficient (Wildman–Crippen LogP) is -0.550. The van der Waals surface area contributed by atoms with Gasteiger partial charge >= 0.3 is 11.7 Å². The molecular formula is C20H24N6O4. The summed E-state index contributed by atoms with van der Waals surface area (Å²) in [4.78, 5) is 51.3. The fraction of sp³-hybridized carbons (Fsp3) is 0.400. The van der Waals surface area contributed by atoms with Crippen LogP contribution in [-0.4, -0.2) is 67.8 Å². The Bertz CT molecular complexity index is 1220. The molecule has 0 radical (unpaired) electrons. The van der Waals surface area contributed by atoms with Crippen molar-refractivity contribution in [1.29, 1.82) is 0 Å². The Hall–Kier alpha value is -3.24. The zero-order chi connectivity index (χ0) is 21.4. The van der Waals surface area contributed by atoms with Gasteiger partial charge in [0.25, 0.3) is 5.56 Å². The highest BCUT2D eigenvalue weighted by Crippen LogP contribution is 2.12. The van der Waals surface area contributed by atoms with E-state index in [-0.39, 0.29) is 11.2 Å². The van der Waals surface area contributed by atoms with Crippen molar-refractivity contribution in [2.45, 2.75) is 6.54 Å². The first-order valence-corrected chi connectivity index (χ1v) is 9.70. The molecule has 1 fully saturated rings. The van der Waals surface area contributed by atoms with E-state index in [0.717, 1.165) is 47.6 Å². The molecular weight excluding hydrogens is 388 g/mol. The van der Waals surface area contributed by atoms with E-state index in [2.05, 4.69) is 21.8 Å². The molecule has 0 N–H and O–H groups in total. The molecule has 1 saturated heterocycles. The van der Waals surface area contributed by atoms with E-state index in [1.165, 1.54) is 25.0 Å². The number of carbonyl (C=O) groups is 1. The van der Waals surface area contributed by atoms with Crippen molar-refractivity contribution in [2.24, 2.45) is 14.1 Å². The highest BCUT2D eigenvalue weighted by molar-refractivity contribution is 5.90. The lowest BCUT2D eigenvalue weighted by Gasteiger charge is -2.32. The molecule has 30 heavy (non-hydrogen) atoms. The summed E-state index contributed by atoms with van der Waals surface area (Å²) in [6, 6.07) is 7.26. The molecule has 2 aromatic heterocycles. The topological polar surface area (TPSA) is 94.6 Å². The molecule has 10 heteroatoms. The van der Waals surface area contributed by atoms with Gasteiger partial charge in [0.05, 0.1) is 5.56 Å². The zero-order valence-corrected chi connectivity index (χ0v) is 17.2. The number of hydrogen-bond donors (Lipinski definition) is 0. The van der Waals surface area contributed by atoms with Crippen LogP contribution in [0.1, 0.15) is 15.9 Å². The van der Waals surface area contributed by atoms with Gasteiger partial charge in [-0.15, -0.1) is 0 Å². The maximum Gasteiger partial charge on any atom is 0.363 e. The fourth-order valence-electron chi connectivity index (χ4n) is 3.59. The van der Waals surface area contributed by atoms with E-state index in [1.807, 2.05) is 12.1 Å². The van der Waals surface area contributed by atoms with Gasteiger partial charge in [-0.25, -0.2) is 14.6 Å². The maximum atomic E-state index is 12.7. The third kappa shape index (κ3) is 3.66. The number of aromatic nitrogens is 4. The first-order chi connectivity index (χ1) is 14.3. The van der Waals surface area contributed by atoms with Gasteiger partial charge in [-0.2, -0.15) is 4.73 Å². The van der Waals surface area contributed by atoms with Crippen LogP contribution >= 0.6 is 0 Å². The van der Waals surface area contributed by atoms with Crippen LogP contribution in [0.15, 0.2) is 40.2 Å². The summed E-state index contributed by atoms with van der Waals surface area (Å²) in [5, 5.41) is 0. The van der Waals surface area contributed by atoms with E-state index < -0.39 is 17.2 Å². The third-order valence-electron chi connectivity index (χ3n) is 5.46. The average molecular weight is 412 g/mol. The third-order valence-corrected chi connectivity index (χ3v) is 5.46. The number of carbonyl (C=O) groups excluding carboxylic acids is 1. The molecule has 10 nitrogen and oxygen atoms in total. The smallest absolute Gasteiger partial charge is 0.329 e. The number of rotatable bonds is 4. The minimum absolute atomic E-state index is 0.0292. The highest BCUT2D eigenvalue weighted by atomic mass is 16.7. The van der Waals surface area contributed by atoms with Crippen molar-refractivity contribution in [3.63, 3.8) is 0 Å². The van der Waals surface area contributed by atoms with Crippen molar-refractivity contribution in [3.05, 3.63) is 62.6 Å². The van der Waals surface area contributed by atoms with Crippen molar-refractivity contribution < 1.29 is 9.63 Å². The molecule has 0 saturated carbocycles. The molecule has 1 aliphatic heterocycles. The molecule has 1 aliphatic rings. The Morgan fingerprint density at radius 3 is 2.53 bits per heavy atom. The van der Waals surface area contributed by atoms with E-state index in [0.29, 0.717) is 5.56 Å². The lowest BCUT2D eigenvalue weighted by atomic mass is 10.1. The summed E-state index contributed by atoms with van der Waals surface area (Å²) in [6.07, 6.45) is 1.22. The van der Waals surface area contributed by atoms with E-state index >= 15 is 0 Å². The second kappa shape index (κ2) is 7.88. The van der Waals surface area contributed by atoms with Crippen LogP contribution in [0.2, 0.25) is 0 Å². The Kier molecular flexibility index (Phi) is 5.27. The Morgan fingerprint density at radius 1 is 1.07 bits per heavy atom. The molecule has 0 unspecified atom stereocenters. The van der Waals surface area contributed by atoms with Crippen LogP contribution in [-0.2, 0) is 20.6 Å². The van der Waals surface area contributed by atoms with Gasteiger partial charge in [-0.3, -0.25) is 18.8 Å². The van der Waals surface area contributed by atoms with Gasteiger partial charge < -0.3 is 9.74 Å². The van der Waals surface area contributed by atoms with Crippen LogP contribution in [0.3, 0.4) is 0 Å². The number of benzene rings is 1. The van der Waals surface area contributed by atoms with Gasteiger partial charge in [-0.1, -0.05) is 12.1 Å². The summed E-state index contributed by atoms with van der Waals surface area (Å²) in [7, 11) is 4.98. The van der Waals surface area contributed by atoms with Crippen LogP contribution < -0.4 is 16.1 Å². The van der Waals surface area contributed by atoms with Crippen LogP contribution in [0, 0.1) is 0 Å². The lowest BCUT2D eigenvalue weighted by molar-refractivity contribution is 0.0478. The van der Waals surface area contributed by atoms with Crippen molar-refractivity contribution >= 4 is 17.1 Å². The molecule has 0 spiro atoms. The number of nitrogens with zero attached hydrogens (tertiary/aromatic N) is 6. The summed E-state index contributed by atoms with van der Waals surface area (Å²) >= 11 is 0. The van der Waals surface area contributed by atoms with Gasteiger partial charge in [0, 0.05) is 46.8 Å². The largest absolute Gasteiger partial charge is 0.363 e. The second-order valence-electron chi connectivity index (χ2n) is 7.61. The first-order valence-electron chi connectivity index (χ1n) is 9.70. The van der Waals surface area contributed by atoms with Gasteiger partial charge in [0.1, 0.15) is 6.33 Å². The molecule has 158 valence electrons. The number of imidazole rings is 1. The lowest BCUT2D eigenvalue weighted by Crippen LogP contribution is -2.43. The number of aryl methyl sites for hydroxylation is 1. The molecule has 4 rings (SSSR count). The SMILES string of the molecule is CN1CCN(Cc2cccc(C(=O)On3cnc4c3c(=O)n(C)c(=O)n4C)c2)CC1. The number of piperazine rings is 1. The molecule has 1 aromatic carbocycles. The molecule has 0 atom stereocenters. The normalized spacial score (nSPS) is 15.6. The monoisotopic (exact) mass is 412 g/mol. The Labute approximate surface area is 172 Å². The van der Waals surface area contributed by atoms with E-state index in [4.69, 9.17) is 4.84 Å². The summed E-state index contributed by atoms with van der Waals surface area (Å²) in [5.74, 6) is -0.606. The minimum atomic E-state index is -0.606.